The van der Waals surface area contributed by atoms with E-state index in [-0.39, 0.29) is 30.1 Å². The second-order valence-corrected chi connectivity index (χ2v) is 5.24. The minimum atomic E-state index is -1.09. The zero-order valence-electron chi connectivity index (χ0n) is 13.9. The molecule has 0 spiro atoms. The van der Waals surface area contributed by atoms with Gasteiger partial charge in [-0.05, 0) is 35.9 Å². The van der Waals surface area contributed by atoms with Crippen LogP contribution in [-0.2, 0) is 9.59 Å². The molecule has 0 aliphatic carbocycles. The van der Waals surface area contributed by atoms with Gasteiger partial charge in [-0.2, -0.15) is 0 Å². The maximum absolute atomic E-state index is 12.3. The molecule has 0 fully saturated rings. The first-order chi connectivity index (χ1) is 12.9. The predicted molar refractivity (Wildman–Crippen MR) is 92.5 cm³/mol. The average molecular weight is 373 g/mol. The number of carboxylic acid groups (broad SMARTS) is 1. The van der Waals surface area contributed by atoms with Crippen LogP contribution in [0.3, 0.4) is 0 Å². The molecule has 1 aromatic heterocycles. The minimum Gasteiger partial charge on any atom is -0.481 e. The standard InChI is InChI=1S/C17H15N3O7/c21-15(22)7-8-18-16(23)13(19-17(24)14-2-1-9-27-14)10-11-3-5-12(6-4-11)20(25)26/h1-6,9-10H,7-8H2,(H,18,23)(H,19,24)(H,21,22). The predicted octanol–water partition coefficient (Wildman–Crippen LogP) is 1.55. The molecule has 0 radical (unpaired) electrons. The lowest BCUT2D eigenvalue weighted by Gasteiger charge is -2.09. The van der Waals surface area contributed by atoms with Gasteiger partial charge in [0.2, 0.25) is 0 Å². The second kappa shape index (κ2) is 8.94. The lowest BCUT2D eigenvalue weighted by atomic mass is 10.1. The van der Waals surface area contributed by atoms with Gasteiger partial charge in [-0.15, -0.1) is 0 Å². The topological polar surface area (TPSA) is 152 Å². The molecular weight excluding hydrogens is 358 g/mol. The van der Waals surface area contributed by atoms with Gasteiger partial charge in [-0.25, -0.2) is 0 Å². The first-order valence-corrected chi connectivity index (χ1v) is 7.68. The van der Waals surface area contributed by atoms with Gasteiger partial charge < -0.3 is 20.2 Å². The van der Waals surface area contributed by atoms with E-state index in [9.17, 15) is 24.5 Å². The third kappa shape index (κ3) is 5.81. The van der Waals surface area contributed by atoms with Crippen molar-refractivity contribution >= 4 is 29.5 Å². The SMILES string of the molecule is O=C(O)CCNC(=O)C(=Cc1ccc([N+](=O)[O-])cc1)NC(=O)c1ccco1. The van der Waals surface area contributed by atoms with E-state index in [0.29, 0.717) is 5.56 Å². The van der Waals surface area contributed by atoms with Gasteiger partial charge in [-0.3, -0.25) is 24.5 Å². The fourth-order valence-corrected chi connectivity index (χ4v) is 1.99. The number of carboxylic acids is 1. The lowest BCUT2D eigenvalue weighted by Crippen LogP contribution is -2.35. The lowest BCUT2D eigenvalue weighted by molar-refractivity contribution is -0.384. The van der Waals surface area contributed by atoms with Gasteiger partial charge in [0.15, 0.2) is 5.76 Å². The van der Waals surface area contributed by atoms with Crippen LogP contribution in [-0.4, -0.2) is 34.4 Å². The molecule has 140 valence electrons. The summed E-state index contributed by atoms with van der Waals surface area (Å²) in [5.74, 6) is -2.50. The van der Waals surface area contributed by atoms with Crippen molar-refractivity contribution < 1.29 is 28.8 Å². The maximum atomic E-state index is 12.3. The Morgan fingerprint density at radius 3 is 2.44 bits per heavy atom. The van der Waals surface area contributed by atoms with Gasteiger partial charge in [0, 0.05) is 18.7 Å². The Morgan fingerprint density at radius 1 is 1.19 bits per heavy atom. The summed E-state index contributed by atoms with van der Waals surface area (Å²) in [6.45, 7) is -0.137. The molecule has 10 heteroatoms. The maximum Gasteiger partial charge on any atom is 0.305 e. The van der Waals surface area contributed by atoms with Crippen molar-refractivity contribution in [2.75, 3.05) is 6.54 Å². The van der Waals surface area contributed by atoms with Gasteiger partial charge in [-0.1, -0.05) is 0 Å². The molecular formula is C17H15N3O7. The summed E-state index contributed by atoms with van der Waals surface area (Å²) in [6, 6.07) is 8.21. The highest BCUT2D eigenvalue weighted by Gasteiger charge is 2.16. The number of nitro benzene ring substituents is 1. The van der Waals surface area contributed by atoms with E-state index in [1.54, 1.807) is 0 Å². The number of aliphatic carboxylic acids is 1. The second-order valence-electron chi connectivity index (χ2n) is 5.24. The van der Waals surface area contributed by atoms with Crippen LogP contribution in [0.4, 0.5) is 5.69 Å². The molecule has 10 nitrogen and oxygen atoms in total. The summed E-state index contributed by atoms with van der Waals surface area (Å²) in [4.78, 5) is 45.1. The van der Waals surface area contributed by atoms with Crippen LogP contribution in [0.15, 0.2) is 52.8 Å². The molecule has 0 unspecified atom stereocenters. The highest BCUT2D eigenvalue weighted by molar-refractivity contribution is 6.04. The highest BCUT2D eigenvalue weighted by atomic mass is 16.6. The summed E-state index contributed by atoms with van der Waals surface area (Å²) >= 11 is 0. The number of carbonyl (C=O) groups is 3. The molecule has 2 rings (SSSR count). The van der Waals surface area contributed by atoms with Crippen molar-refractivity contribution in [3.8, 4) is 0 Å². The summed E-state index contributed by atoms with van der Waals surface area (Å²) in [6.07, 6.45) is 2.31. The Kier molecular flexibility index (Phi) is 6.42. The third-order valence-corrected chi connectivity index (χ3v) is 3.28. The molecule has 1 heterocycles. The van der Waals surface area contributed by atoms with Gasteiger partial charge in [0.05, 0.1) is 17.6 Å². The monoisotopic (exact) mass is 373 g/mol. The van der Waals surface area contributed by atoms with Gasteiger partial charge in [0.1, 0.15) is 5.70 Å². The molecule has 27 heavy (non-hydrogen) atoms. The van der Waals surface area contributed by atoms with Crippen LogP contribution in [0, 0.1) is 10.1 Å². The van der Waals surface area contributed by atoms with E-state index in [1.807, 2.05) is 0 Å². The summed E-state index contributed by atoms with van der Waals surface area (Å²) in [5, 5.41) is 24.1. The largest absolute Gasteiger partial charge is 0.481 e. The van der Waals surface area contributed by atoms with Crippen LogP contribution in [0.2, 0.25) is 0 Å². The van der Waals surface area contributed by atoms with Crippen molar-refractivity contribution in [2.45, 2.75) is 6.42 Å². The number of nitrogens with zero attached hydrogens (tertiary/aromatic N) is 1. The molecule has 1 aromatic carbocycles. The van der Waals surface area contributed by atoms with E-state index >= 15 is 0 Å². The Hall–Kier alpha value is -3.95. The minimum absolute atomic E-state index is 0.0251. The molecule has 0 aliphatic rings. The summed E-state index contributed by atoms with van der Waals surface area (Å²) in [5.41, 5.74) is 0.124. The van der Waals surface area contributed by atoms with Crippen LogP contribution < -0.4 is 10.6 Å². The normalized spacial score (nSPS) is 10.9. The first kappa shape index (κ1) is 19.4. The number of nitrogens with one attached hydrogen (secondary N) is 2. The Labute approximate surface area is 152 Å². The molecule has 3 N–H and O–H groups in total. The summed E-state index contributed by atoms with van der Waals surface area (Å²) < 4.78 is 4.96. The third-order valence-electron chi connectivity index (χ3n) is 3.28. The number of rotatable bonds is 8. The zero-order valence-corrected chi connectivity index (χ0v) is 13.9. The van der Waals surface area contributed by atoms with Crippen LogP contribution in [0.1, 0.15) is 22.5 Å². The number of benzene rings is 1. The smallest absolute Gasteiger partial charge is 0.305 e. The van der Waals surface area contributed by atoms with Crippen molar-refractivity contribution in [3.05, 3.63) is 69.8 Å². The van der Waals surface area contributed by atoms with Crippen molar-refractivity contribution in [2.24, 2.45) is 0 Å². The van der Waals surface area contributed by atoms with Gasteiger partial charge in [0.25, 0.3) is 17.5 Å². The molecule has 0 atom stereocenters. The number of hydrogen-bond donors (Lipinski definition) is 3. The van der Waals surface area contributed by atoms with Crippen molar-refractivity contribution in [3.63, 3.8) is 0 Å². The fraction of sp³-hybridized carbons (Fsp3) is 0.118. The Bertz CT molecular complexity index is 870. The Balaban J connectivity index is 2.21. The summed E-state index contributed by atoms with van der Waals surface area (Å²) in [7, 11) is 0. The Morgan fingerprint density at radius 2 is 1.89 bits per heavy atom. The van der Waals surface area contributed by atoms with Crippen LogP contribution in [0.25, 0.3) is 6.08 Å². The van der Waals surface area contributed by atoms with E-state index in [4.69, 9.17) is 9.52 Å². The number of amides is 2. The molecule has 0 aliphatic heterocycles. The number of hydrogen-bond acceptors (Lipinski definition) is 6. The average Bonchev–Trinajstić information content (AvgIpc) is 3.16. The molecule has 2 amide bonds. The van der Waals surface area contributed by atoms with Gasteiger partial charge >= 0.3 is 5.97 Å². The number of carbonyl (C=O) groups excluding carboxylic acids is 2. The molecule has 2 aromatic rings. The highest BCUT2D eigenvalue weighted by Crippen LogP contribution is 2.14. The molecule has 0 saturated heterocycles. The van der Waals surface area contributed by atoms with E-state index in [0.717, 1.165) is 0 Å². The van der Waals surface area contributed by atoms with Crippen molar-refractivity contribution in [1.29, 1.82) is 0 Å². The number of non-ortho nitro benzene ring substituents is 1. The van der Waals surface area contributed by atoms with Crippen LogP contribution in [0.5, 0.6) is 0 Å². The molecule has 0 bridgehead atoms. The zero-order chi connectivity index (χ0) is 19.8. The van der Waals surface area contributed by atoms with Crippen LogP contribution >= 0.6 is 0 Å². The van der Waals surface area contributed by atoms with E-state index < -0.39 is 22.7 Å². The van der Waals surface area contributed by atoms with E-state index in [1.165, 1.54) is 48.7 Å². The number of furan rings is 1. The molecule has 0 saturated carbocycles. The quantitative estimate of drug-likeness (QED) is 0.360. The number of nitro groups is 1. The van der Waals surface area contributed by atoms with Crippen molar-refractivity contribution in [1.82, 2.24) is 10.6 Å². The van der Waals surface area contributed by atoms with E-state index in [2.05, 4.69) is 10.6 Å². The first-order valence-electron chi connectivity index (χ1n) is 7.68. The fourth-order valence-electron chi connectivity index (χ4n) is 1.99.